The van der Waals surface area contributed by atoms with Crippen molar-refractivity contribution >= 4 is 0 Å². The first-order valence-corrected chi connectivity index (χ1v) is 6.50. The third kappa shape index (κ3) is 3.27. The van der Waals surface area contributed by atoms with E-state index in [1.54, 1.807) is 12.1 Å². The van der Waals surface area contributed by atoms with Crippen LogP contribution in [0.2, 0.25) is 0 Å². The standard InChI is InChI=1S/C16H18FNO2/c1-10(12-3-5-13(17)6-4-12)18-11(2)15-9-14(19)7-8-16(15)20/h3-11,18-20H,1-2H3/t10-,11?/m0/s1. The molecule has 0 radical (unpaired) electrons. The summed E-state index contributed by atoms with van der Waals surface area (Å²) in [6, 6.07) is 10.6. The third-order valence-corrected chi connectivity index (χ3v) is 3.35. The zero-order valence-electron chi connectivity index (χ0n) is 11.5. The second kappa shape index (κ2) is 5.92. The SMILES string of the molecule is CC(N[C@@H](C)c1ccc(F)cc1)c1cc(O)ccc1O. The number of rotatable bonds is 4. The van der Waals surface area contributed by atoms with Gasteiger partial charge >= 0.3 is 0 Å². The average molecular weight is 275 g/mol. The topological polar surface area (TPSA) is 52.5 Å². The first-order valence-electron chi connectivity index (χ1n) is 6.50. The monoisotopic (exact) mass is 275 g/mol. The average Bonchev–Trinajstić information content (AvgIpc) is 2.42. The first kappa shape index (κ1) is 14.3. The molecule has 2 aromatic carbocycles. The maximum atomic E-state index is 12.9. The van der Waals surface area contributed by atoms with Gasteiger partial charge in [0.1, 0.15) is 17.3 Å². The van der Waals surface area contributed by atoms with Crippen LogP contribution in [0.4, 0.5) is 4.39 Å². The molecule has 20 heavy (non-hydrogen) atoms. The molecule has 0 spiro atoms. The maximum Gasteiger partial charge on any atom is 0.123 e. The van der Waals surface area contributed by atoms with E-state index in [0.717, 1.165) is 5.56 Å². The van der Waals surface area contributed by atoms with Gasteiger partial charge in [0, 0.05) is 17.6 Å². The van der Waals surface area contributed by atoms with Crippen molar-refractivity contribution in [2.75, 3.05) is 0 Å². The molecule has 1 unspecified atom stereocenters. The van der Waals surface area contributed by atoms with Gasteiger partial charge in [0.15, 0.2) is 0 Å². The molecule has 3 N–H and O–H groups in total. The van der Waals surface area contributed by atoms with Crippen LogP contribution in [0.1, 0.15) is 37.1 Å². The van der Waals surface area contributed by atoms with Crippen molar-refractivity contribution in [1.29, 1.82) is 0 Å². The van der Waals surface area contributed by atoms with Crippen LogP contribution in [-0.2, 0) is 0 Å². The molecule has 0 aliphatic heterocycles. The van der Waals surface area contributed by atoms with Gasteiger partial charge < -0.3 is 15.5 Å². The molecule has 0 aliphatic carbocycles. The van der Waals surface area contributed by atoms with Crippen LogP contribution in [0.25, 0.3) is 0 Å². The Morgan fingerprint density at radius 3 is 2.25 bits per heavy atom. The highest BCUT2D eigenvalue weighted by molar-refractivity contribution is 5.40. The van der Waals surface area contributed by atoms with E-state index in [0.29, 0.717) is 5.56 Å². The van der Waals surface area contributed by atoms with E-state index in [1.165, 1.54) is 30.3 Å². The van der Waals surface area contributed by atoms with Gasteiger partial charge in [-0.3, -0.25) is 0 Å². The summed E-state index contributed by atoms with van der Waals surface area (Å²) >= 11 is 0. The second-order valence-electron chi connectivity index (χ2n) is 4.90. The summed E-state index contributed by atoms with van der Waals surface area (Å²) in [6.45, 7) is 3.86. The van der Waals surface area contributed by atoms with Gasteiger partial charge in [-0.2, -0.15) is 0 Å². The highest BCUT2D eigenvalue weighted by atomic mass is 19.1. The summed E-state index contributed by atoms with van der Waals surface area (Å²) in [7, 11) is 0. The van der Waals surface area contributed by atoms with Crippen LogP contribution in [0.15, 0.2) is 42.5 Å². The quantitative estimate of drug-likeness (QED) is 0.747. The molecule has 106 valence electrons. The van der Waals surface area contributed by atoms with E-state index in [2.05, 4.69) is 5.32 Å². The van der Waals surface area contributed by atoms with Gasteiger partial charge in [0.05, 0.1) is 0 Å². The van der Waals surface area contributed by atoms with Gasteiger partial charge in [-0.05, 0) is 49.7 Å². The van der Waals surface area contributed by atoms with Crippen LogP contribution < -0.4 is 5.32 Å². The lowest BCUT2D eigenvalue weighted by Crippen LogP contribution is -2.22. The Hall–Kier alpha value is -2.07. The lowest BCUT2D eigenvalue weighted by atomic mass is 10.0. The lowest BCUT2D eigenvalue weighted by molar-refractivity contribution is 0.429. The molecular weight excluding hydrogens is 257 g/mol. The number of hydrogen-bond acceptors (Lipinski definition) is 3. The molecule has 2 rings (SSSR count). The Kier molecular flexibility index (Phi) is 4.25. The highest BCUT2D eigenvalue weighted by Gasteiger charge is 2.14. The van der Waals surface area contributed by atoms with E-state index in [1.807, 2.05) is 13.8 Å². The predicted molar refractivity (Wildman–Crippen MR) is 76.1 cm³/mol. The number of benzene rings is 2. The summed E-state index contributed by atoms with van der Waals surface area (Å²) in [5.74, 6) is -0.0189. The van der Waals surface area contributed by atoms with Crippen molar-refractivity contribution in [3.63, 3.8) is 0 Å². The lowest BCUT2D eigenvalue weighted by Gasteiger charge is -2.21. The third-order valence-electron chi connectivity index (χ3n) is 3.35. The summed E-state index contributed by atoms with van der Waals surface area (Å²) in [5.41, 5.74) is 1.58. The minimum absolute atomic E-state index is 0.00708. The molecule has 2 atom stereocenters. The Morgan fingerprint density at radius 1 is 0.950 bits per heavy atom. The zero-order valence-corrected chi connectivity index (χ0v) is 11.5. The van der Waals surface area contributed by atoms with Crippen LogP contribution in [0.5, 0.6) is 11.5 Å². The highest BCUT2D eigenvalue weighted by Crippen LogP contribution is 2.29. The van der Waals surface area contributed by atoms with Crippen LogP contribution in [-0.4, -0.2) is 10.2 Å². The van der Waals surface area contributed by atoms with Crippen molar-refractivity contribution in [2.24, 2.45) is 0 Å². The Balaban J connectivity index is 2.12. The van der Waals surface area contributed by atoms with Crippen molar-refractivity contribution in [3.8, 4) is 11.5 Å². The molecule has 0 bridgehead atoms. The van der Waals surface area contributed by atoms with Crippen molar-refractivity contribution in [1.82, 2.24) is 5.32 Å². The van der Waals surface area contributed by atoms with E-state index < -0.39 is 0 Å². The second-order valence-corrected chi connectivity index (χ2v) is 4.90. The van der Waals surface area contributed by atoms with Gasteiger partial charge in [0.25, 0.3) is 0 Å². The van der Waals surface area contributed by atoms with Gasteiger partial charge in [-0.25, -0.2) is 4.39 Å². The van der Waals surface area contributed by atoms with E-state index in [4.69, 9.17) is 0 Å². The van der Waals surface area contributed by atoms with Crippen LogP contribution in [0, 0.1) is 5.82 Å². The Morgan fingerprint density at radius 2 is 1.60 bits per heavy atom. The smallest absolute Gasteiger partial charge is 0.123 e. The molecule has 0 saturated heterocycles. The molecule has 2 aromatic rings. The maximum absolute atomic E-state index is 12.9. The Labute approximate surface area is 117 Å². The molecule has 4 heteroatoms. The predicted octanol–water partition coefficient (Wildman–Crippen LogP) is 3.65. The van der Waals surface area contributed by atoms with Gasteiger partial charge in [0.2, 0.25) is 0 Å². The van der Waals surface area contributed by atoms with E-state index >= 15 is 0 Å². The zero-order chi connectivity index (χ0) is 14.7. The number of phenols is 2. The molecule has 3 nitrogen and oxygen atoms in total. The number of halogens is 1. The number of aromatic hydroxyl groups is 2. The molecule has 0 amide bonds. The van der Waals surface area contributed by atoms with Crippen LogP contribution >= 0.6 is 0 Å². The minimum atomic E-state index is -0.264. The summed E-state index contributed by atoms with van der Waals surface area (Å²) in [6.07, 6.45) is 0. The molecule has 0 heterocycles. The molecule has 0 fully saturated rings. The summed E-state index contributed by atoms with van der Waals surface area (Å²) in [5, 5.41) is 22.6. The van der Waals surface area contributed by atoms with Crippen molar-refractivity contribution in [3.05, 3.63) is 59.4 Å². The van der Waals surface area contributed by atoms with Crippen molar-refractivity contribution < 1.29 is 14.6 Å². The Bertz CT molecular complexity index is 584. The molecule has 0 aromatic heterocycles. The van der Waals surface area contributed by atoms with Crippen molar-refractivity contribution in [2.45, 2.75) is 25.9 Å². The molecule has 0 aliphatic rings. The summed E-state index contributed by atoms with van der Waals surface area (Å²) in [4.78, 5) is 0. The fraction of sp³-hybridized carbons (Fsp3) is 0.250. The largest absolute Gasteiger partial charge is 0.508 e. The first-order chi connectivity index (χ1) is 9.47. The minimum Gasteiger partial charge on any atom is -0.508 e. The fourth-order valence-electron chi connectivity index (χ4n) is 2.20. The van der Waals surface area contributed by atoms with Gasteiger partial charge in [-0.15, -0.1) is 0 Å². The molecular formula is C16H18FNO2. The summed E-state index contributed by atoms with van der Waals surface area (Å²) < 4.78 is 12.9. The van der Waals surface area contributed by atoms with Gasteiger partial charge in [-0.1, -0.05) is 12.1 Å². The number of phenolic OH excluding ortho intramolecular Hbond substituents is 2. The van der Waals surface area contributed by atoms with Crippen LogP contribution in [0.3, 0.4) is 0 Å². The molecule has 0 saturated carbocycles. The van der Waals surface area contributed by atoms with E-state index in [9.17, 15) is 14.6 Å². The number of nitrogens with one attached hydrogen (secondary N) is 1. The normalized spacial score (nSPS) is 13.9. The fourth-order valence-corrected chi connectivity index (χ4v) is 2.20. The van der Waals surface area contributed by atoms with E-state index in [-0.39, 0.29) is 29.4 Å². The number of hydrogen-bond donors (Lipinski definition) is 3.